The van der Waals surface area contributed by atoms with Crippen molar-refractivity contribution in [3.8, 4) is 0 Å². The van der Waals surface area contributed by atoms with Crippen molar-refractivity contribution in [2.75, 3.05) is 13.2 Å². The fourth-order valence-corrected chi connectivity index (χ4v) is 8.09. The van der Waals surface area contributed by atoms with Crippen LogP contribution in [0, 0.1) is 0 Å². The summed E-state index contributed by atoms with van der Waals surface area (Å²) in [5.74, 6) is -6.45. The monoisotopic (exact) mass is 963 g/mol. The second-order valence-corrected chi connectivity index (χ2v) is 17.7. The van der Waals surface area contributed by atoms with Crippen LogP contribution < -0.4 is 0 Å². The van der Waals surface area contributed by atoms with E-state index in [0.717, 1.165) is 57.8 Å². The number of carbonyl (C=O) groups excluding carboxylic acids is 4. The molecule has 0 saturated carbocycles. The molecule has 0 spiro atoms. The van der Waals surface area contributed by atoms with E-state index in [9.17, 15) is 54.3 Å². The molecule has 0 unspecified atom stereocenters. The fourth-order valence-electron chi connectivity index (χ4n) is 8.09. The third kappa shape index (κ3) is 24.6. The number of esters is 4. The predicted octanol–water partition coefficient (Wildman–Crippen LogP) is 5.94. The molecule has 19 nitrogen and oxygen atoms in total. The average molecular weight is 963 g/mol. The number of carboxylic acids is 2. The molecule has 0 aliphatic carbocycles. The SMILES string of the molecule is CCCCCCCCCCCCCC(=O)O[C@@H]1[C@@H](OC(=O)CCC(=O)O)[C@H](O[C@H]2O[C@H](CO)[C@@H](O)[C@H](O)[C@H]2OC(=O)CCC(=O)O)O[C@H](CO)[C@H]1OC(=O)CCCCCCCCCCCCC. The van der Waals surface area contributed by atoms with E-state index in [0.29, 0.717) is 19.3 Å². The summed E-state index contributed by atoms with van der Waals surface area (Å²) in [6, 6.07) is 0. The molecule has 19 heteroatoms. The third-order valence-electron chi connectivity index (χ3n) is 12.0. The number of hydrogen-bond acceptors (Lipinski definition) is 17. The number of unbranched alkanes of at least 4 members (excludes halogenated alkanes) is 20. The fraction of sp³-hybridized carbons (Fsp3) is 0.875. The topological polar surface area (TPSA) is 288 Å². The summed E-state index contributed by atoms with van der Waals surface area (Å²) in [7, 11) is 0. The van der Waals surface area contributed by atoms with Crippen molar-refractivity contribution in [1.82, 2.24) is 0 Å². The van der Waals surface area contributed by atoms with E-state index >= 15 is 0 Å². The van der Waals surface area contributed by atoms with Gasteiger partial charge in [-0.2, -0.15) is 0 Å². The van der Waals surface area contributed by atoms with Gasteiger partial charge in [-0.15, -0.1) is 0 Å². The van der Waals surface area contributed by atoms with Gasteiger partial charge in [-0.3, -0.25) is 28.8 Å². The third-order valence-corrected chi connectivity index (χ3v) is 12.0. The van der Waals surface area contributed by atoms with Crippen LogP contribution >= 0.6 is 0 Å². The highest BCUT2D eigenvalue weighted by atomic mass is 16.8. The smallest absolute Gasteiger partial charge is 0.306 e. The lowest BCUT2D eigenvalue weighted by molar-refractivity contribution is -0.377. The Bertz CT molecular complexity index is 1410. The molecule has 10 atom stereocenters. The first-order valence-electron chi connectivity index (χ1n) is 25.0. The van der Waals surface area contributed by atoms with Crippen molar-refractivity contribution in [1.29, 1.82) is 0 Å². The molecule has 0 aromatic rings. The number of aliphatic hydroxyl groups is 4. The lowest BCUT2D eigenvalue weighted by Crippen LogP contribution is -2.66. The van der Waals surface area contributed by atoms with Gasteiger partial charge in [-0.1, -0.05) is 142 Å². The summed E-state index contributed by atoms with van der Waals surface area (Å²) in [4.78, 5) is 75.6. The quantitative estimate of drug-likeness (QED) is 0.0237. The first-order valence-corrected chi connectivity index (χ1v) is 25.0. The molecule has 2 saturated heterocycles. The van der Waals surface area contributed by atoms with Crippen molar-refractivity contribution in [2.45, 2.75) is 255 Å². The second-order valence-electron chi connectivity index (χ2n) is 17.7. The van der Waals surface area contributed by atoms with Crippen molar-refractivity contribution < 1.29 is 92.6 Å². The highest BCUT2D eigenvalue weighted by Gasteiger charge is 2.56. The van der Waals surface area contributed by atoms with Gasteiger partial charge in [0.25, 0.3) is 0 Å². The minimum atomic E-state index is -2.00. The van der Waals surface area contributed by atoms with Gasteiger partial charge in [0.15, 0.2) is 24.4 Å². The van der Waals surface area contributed by atoms with Gasteiger partial charge in [0.05, 0.1) is 38.9 Å². The van der Waals surface area contributed by atoms with Crippen LogP contribution in [0.5, 0.6) is 0 Å². The number of rotatable bonds is 38. The van der Waals surface area contributed by atoms with Gasteiger partial charge in [0.2, 0.25) is 12.6 Å². The number of ether oxygens (including phenoxy) is 7. The van der Waals surface area contributed by atoms with Gasteiger partial charge in [0.1, 0.15) is 24.4 Å². The number of aliphatic hydroxyl groups excluding tert-OH is 4. The van der Waals surface area contributed by atoms with Crippen LogP contribution in [0.2, 0.25) is 0 Å². The van der Waals surface area contributed by atoms with Crippen LogP contribution in [0.25, 0.3) is 0 Å². The van der Waals surface area contributed by atoms with Crippen molar-refractivity contribution in [2.24, 2.45) is 0 Å². The lowest BCUT2D eigenvalue weighted by atomic mass is 9.97. The molecule has 2 rings (SSSR count). The summed E-state index contributed by atoms with van der Waals surface area (Å²) in [6.07, 6.45) is 1.99. The van der Waals surface area contributed by atoms with Crippen molar-refractivity contribution >= 4 is 35.8 Å². The summed E-state index contributed by atoms with van der Waals surface area (Å²) in [6.45, 7) is 2.61. The minimum Gasteiger partial charge on any atom is -0.481 e. The Kier molecular flexibility index (Phi) is 31.7. The molecule has 67 heavy (non-hydrogen) atoms. The Morgan fingerprint density at radius 2 is 0.716 bits per heavy atom. The van der Waals surface area contributed by atoms with Crippen molar-refractivity contribution in [3.63, 3.8) is 0 Å². The van der Waals surface area contributed by atoms with Gasteiger partial charge in [-0.25, -0.2) is 0 Å². The van der Waals surface area contributed by atoms with E-state index in [1.165, 1.54) is 64.2 Å². The summed E-state index contributed by atoms with van der Waals surface area (Å²) >= 11 is 0. The van der Waals surface area contributed by atoms with Crippen LogP contribution in [0.15, 0.2) is 0 Å². The lowest BCUT2D eigenvalue weighted by Gasteiger charge is -2.47. The Balaban J connectivity index is 2.35. The van der Waals surface area contributed by atoms with E-state index in [4.69, 9.17) is 38.3 Å². The van der Waals surface area contributed by atoms with Gasteiger partial charge in [0, 0.05) is 12.8 Å². The molecule has 6 N–H and O–H groups in total. The van der Waals surface area contributed by atoms with E-state index in [-0.39, 0.29) is 12.8 Å². The molecule has 0 radical (unpaired) electrons. The predicted molar refractivity (Wildman–Crippen MR) is 240 cm³/mol. The van der Waals surface area contributed by atoms with Crippen LogP contribution in [0.4, 0.5) is 0 Å². The molecule has 0 amide bonds. The van der Waals surface area contributed by atoms with E-state index in [1.807, 2.05) is 0 Å². The van der Waals surface area contributed by atoms with Crippen LogP contribution in [0.3, 0.4) is 0 Å². The van der Waals surface area contributed by atoms with Crippen LogP contribution in [0.1, 0.15) is 194 Å². The normalized spacial score (nSPS) is 25.0. The Labute approximate surface area is 395 Å². The zero-order valence-electron chi connectivity index (χ0n) is 40.0. The van der Waals surface area contributed by atoms with Crippen LogP contribution in [-0.4, -0.2) is 141 Å². The number of carboxylic acid groups (broad SMARTS) is 2. The van der Waals surface area contributed by atoms with Gasteiger partial charge in [-0.05, 0) is 12.8 Å². The molecule has 0 bridgehead atoms. The Hall–Kier alpha value is -3.46. The van der Waals surface area contributed by atoms with E-state index in [1.54, 1.807) is 0 Å². The van der Waals surface area contributed by atoms with Gasteiger partial charge < -0.3 is 63.8 Å². The highest BCUT2D eigenvalue weighted by molar-refractivity contribution is 5.77. The minimum absolute atomic E-state index is 0.0400. The maximum Gasteiger partial charge on any atom is 0.306 e. The largest absolute Gasteiger partial charge is 0.481 e. The average Bonchev–Trinajstić information content (AvgIpc) is 3.29. The summed E-state index contributed by atoms with van der Waals surface area (Å²) in [5.41, 5.74) is 0. The molecule has 2 heterocycles. The number of aliphatic carboxylic acids is 2. The Morgan fingerprint density at radius 1 is 0.388 bits per heavy atom. The summed E-state index contributed by atoms with van der Waals surface area (Å²) < 4.78 is 40.5. The molecule has 0 aromatic heterocycles. The molecular formula is C48H82O19. The maximum atomic E-state index is 13.6. The van der Waals surface area contributed by atoms with Crippen molar-refractivity contribution in [3.05, 3.63) is 0 Å². The second kappa shape index (κ2) is 35.6. The molecule has 2 aliphatic heterocycles. The molecule has 0 aromatic carbocycles. The number of hydrogen-bond donors (Lipinski definition) is 6. The maximum absolute atomic E-state index is 13.6. The molecule has 388 valence electrons. The van der Waals surface area contributed by atoms with Crippen LogP contribution in [-0.2, 0) is 61.9 Å². The number of carbonyl (C=O) groups is 6. The molecular weight excluding hydrogens is 881 g/mol. The standard InChI is InChI=1S/C48H82O19/c1-3-5-7-9-11-13-15-17-19-21-23-25-37(55)63-43-34(32-50)62-48(67-47-44(64-39(57)29-27-35(51)52)42(60)41(59)33(31-49)61-47)46(66-40(58)30-28-36(53)54)45(43)65-38(56)26-24-22-20-18-16-14-12-10-8-6-4-2/h33-34,41-50,59-60H,3-32H2,1-2H3,(H,51,52)(H,53,54)/t33-,34-,41-,42+,43-,44-,45+,46-,47-,48+/m1/s1. The zero-order valence-corrected chi connectivity index (χ0v) is 40.0. The van der Waals surface area contributed by atoms with Gasteiger partial charge >= 0.3 is 35.8 Å². The molecule has 2 fully saturated rings. The first kappa shape index (κ1) is 59.7. The van der Waals surface area contributed by atoms with E-state index in [2.05, 4.69) is 13.8 Å². The zero-order chi connectivity index (χ0) is 49.4. The van der Waals surface area contributed by atoms with E-state index < -0.39 is 136 Å². The summed E-state index contributed by atoms with van der Waals surface area (Å²) in [5, 5.41) is 60.6. The first-order chi connectivity index (χ1) is 32.3. The highest BCUT2D eigenvalue weighted by Crippen LogP contribution is 2.34. The Morgan fingerprint density at radius 3 is 1.12 bits per heavy atom. The molecule has 2 aliphatic rings.